The van der Waals surface area contributed by atoms with Crippen molar-refractivity contribution in [3.05, 3.63) is 0 Å². The molecule has 0 heterocycles. The van der Waals surface area contributed by atoms with Crippen LogP contribution in [0.15, 0.2) is 0 Å². The first-order chi connectivity index (χ1) is 8.35. The summed E-state index contributed by atoms with van der Waals surface area (Å²) < 4.78 is 16.1. The Morgan fingerprint density at radius 2 is 1.88 bits per heavy atom. The molecule has 17 heavy (non-hydrogen) atoms. The summed E-state index contributed by atoms with van der Waals surface area (Å²) in [7, 11) is 1.68. The van der Waals surface area contributed by atoms with Crippen molar-refractivity contribution < 1.29 is 14.2 Å². The summed E-state index contributed by atoms with van der Waals surface area (Å²) in [6.45, 7) is 9.14. The fraction of sp³-hybridized carbons (Fsp3) is 1.00. The van der Waals surface area contributed by atoms with Gasteiger partial charge in [0.1, 0.15) is 0 Å². The summed E-state index contributed by atoms with van der Waals surface area (Å²) in [5.74, 6) is 0. The van der Waals surface area contributed by atoms with Crippen LogP contribution in [-0.4, -0.2) is 52.7 Å². The smallest absolute Gasteiger partial charge is 0.0700 e. The lowest BCUT2D eigenvalue weighted by atomic mass is 10.2. The summed E-state index contributed by atoms with van der Waals surface area (Å²) in [4.78, 5) is 0. The number of rotatable bonds is 13. The van der Waals surface area contributed by atoms with Crippen molar-refractivity contribution in [2.45, 2.75) is 39.2 Å². The van der Waals surface area contributed by atoms with Gasteiger partial charge in [0.05, 0.1) is 19.3 Å². The molecule has 0 saturated carbocycles. The molecule has 0 aliphatic heterocycles. The van der Waals surface area contributed by atoms with Gasteiger partial charge >= 0.3 is 0 Å². The highest BCUT2D eigenvalue weighted by Gasteiger charge is 2.06. The molecule has 0 fully saturated rings. The van der Waals surface area contributed by atoms with E-state index in [1.807, 2.05) is 0 Å². The Balaban J connectivity index is 3.34. The van der Waals surface area contributed by atoms with Crippen molar-refractivity contribution in [2.75, 3.05) is 46.6 Å². The Hall–Kier alpha value is -0.160. The van der Waals surface area contributed by atoms with E-state index in [1.54, 1.807) is 7.11 Å². The van der Waals surface area contributed by atoms with E-state index < -0.39 is 0 Å². The molecule has 0 amide bonds. The molecule has 104 valence electrons. The fourth-order valence-corrected chi connectivity index (χ4v) is 1.53. The molecular weight excluding hydrogens is 218 g/mol. The predicted octanol–water partition coefficient (Wildman–Crippen LogP) is 1.83. The minimum Gasteiger partial charge on any atom is -0.382 e. The largest absolute Gasteiger partial charge is 0.382 e. The second-order valence-electron chi connectivity index (χ2n) is 4.05. The monoisotopic (exact) mass is 247 g/mol. The van der Waals surface area contributed by atoms with Crippen LogP contribution in [0.4, 0.5) is 0 Å². The van der Waals surface area contributed by atoms with Crippen molar-refractivity contribution in [3.8, 4) is 0 Å². The molecule has 1 unspecified atom stereocenters. The fourth-order valence-electron chi connectivity index (χ4n) is 1.53. The minimum atomic E-state index is 0.346. The van der Waals surface area contributed by atoms with Crippen LogP contribution in [0.1, 0.15) is 33.1 Å². The van der Waals surface area contributed by atoms with Gasteiger partial charge in [0.2, 0.25) is 0 Å². The lowest BCUT2D eigenvalue weighted by Crippen LogP contribution is -2.29. The lowest BCUT2D eigenvalue weighted by molar-refractivity contribution is 0.0205. The Morgan fingerprint density at radius 3 is 2.53 bits per heavy atom. The minimum absolute atomic E-state index is 0.346. The second-order valence-corrected chi connectivity index (χ2v) is 4.05. The van der Waals surface area contributed by atoms with Crippen molar-refractivity contribution in [1.82, 2.24) is 5.32 Å². The van der Waals surface area contributed by atoms with Gasteiger partial charge in [0.25, 0.3) is 0 Å². The van der Waals surface area contributed by atoms with Gasteiger partial charge in [0.15, 0.2) is 0 Å². The third kappa shape index (κ3) is 12.1. The molecule has 1 N–H and O–H groups in total. The topological polar surface area (TPSA) is 39.7 Å². The van der Waals surface area contributed by atoms with Crippen LogP contribution in [0.25, 0.3) is 0 Å². The van der Waals surface area contributed by atoms with Crippen LogP contribution < -0.4 is 5.32 Å². The van der Waals surface area contributed by atoms with E-state index >= 15 is 0 Å². The number of likely N-dealkylation sites (N-methyl/N-ethyl adjacent to an activating group) is 1. The quantitative estimate of drug-likeness (QED) is 0.504. The maximum absolute atomic E-state index is 5.82. The summed E-state index contributed by atoms with van der Waals surface area (Å²) in [5, 5.41) is 3.33. The molecule has 0 aromatic heterocycles. The molecule has 0 aliphatic rings. The van der Waals surface area contributed by atoms with Crippen LogP contribution >= 0.6 is 0 Å². The first kappa shape index (κ1) is 16.8. The van der Waals surface area contributed by atoms with Gasteiger partial charge in [-0.1, -0.05) is 20.3 Å². The molecule has 0 spiro atoms. The zero-order valence-corrected chi connectivity index (χ0v) is 11.7. The van der Waals surface area contributed by atoms with E-state index in [2.05, 4.69) is 19.2 Å². The van der Waals surface area contributed by atoms with Crippen molar-refractivity contribution in [2.24, 2.45) is 0 Å². The predicted molar refractivity (Wildman–Crippen MR) is 70.5 cm³/mol. The number of methoxy groups -OCH3 is 1. The summed E-state index contributed by atoms with van der Waals surface area (Å²) in [6, 6.07) is 0. The molecule has 0 saturated heterocycles. The van der Waals surface area contributed by atoms with Crippen molar-refractivity contribution in [1.29, 1.82) is 0 Å². The van der Waals surface area contributed by atoms with Crippen LogP contribution in [0.3, 0.4) is 0 Å². The van der Waals surface area contributed by atoms with Gasteiger partial charge in [-0.25, -0.2) is 0 Å². The normalized spacial score (nSPS) is 12.9. The molecule has 1 atom stereocenters. The van der Waals surface area contributed by atoms with Crippen molar-refractivity contribution >= 4 is 0 Å². The van der Waals surface area contributed by atoms with Crippen LogP contribution in [0, 0.1) is 0 Å². The molecule has 0 aromatic rings. The van der Waals surface area contributed by atoms with Crippen LogP contribution in [-0.2, 0) is 14.2 Å². The molecule has 0 bridgehead atoms. The average molecular weight is 247 g/mol. The van der Waals surface area contributed by atoms with Gasteiger partial charge < -0.3 is 19.5 Å². The Morgan fingerprint density at radius 1 is 1.06 bits per heavy atom. The molecule has 0 radical (unpaired) electrons. The second kappa shape index (κ2) is 13.9. The number of hydrogen-bond donors (Lipinski definition) is 1. The number of nitrogens with one attached hydrogen (secondary N) is 1. The van der Waals surface area contributed by atoms with E-state index in [4.69, 9.17) is 14.2 Å². The summed E-state index contributed by atoms with van der Waals surface area (Å²) >= 11 is 0. The van der Waals surface area contributed by atoms with E-state index in [-0.39, 0.29) is 0 Å². The molecule has 4 heteroatoms. The van der Waals surface area contributed by atoms with Gasteiger partial charge in [-0.05, 0) is 19.4 Å². The highest BCUT2D eigenvalue weighted by molar-refractivity contribution is 4.60. The van der Waals surface area contributed by atoms with Gasteiger partial charge in [-0.2, -0.15) is 0 Å². The average Bonchev–Trinajstić information content (AvgIpc) is 2.34. The maximum atomic E-state index is 5.82. The van der Waals surface area contributed by atoms with E-state index in [0.717, 1.165) is 39.1 Å². The lowest BCUT2D eigenvalue weighted by Gasteiger charge is -2.17. The Kier molecular flexibility index (Phi) is 13.8. The third-order valence-electron chi connectivity index (χ3n) is 2.45. The first-order valence-corrected chi connectivity index (χ1v) is 6.74. The van der Waals surface area contributed by atoms with Gasteiger partial charge in [0, 0.05) is 26.9 Å². The Bertz CT molecular complexity index is 145. The van der Waals surface area contributed by atoms with Gasteiger partial charge in [-0.15, -0.1) is 0 Å². The van der Waals surface area contributed by atoms with E-state index in [9.17, 15) is 0 Å². The highest BCUT2D eigenvalue weighted by atomic mass is 16.5. The van der Waals surface area contributed by atoms with Crippen molar-refractivity contribution in [3.63, 3.8) is 0 Å². The summed E-state index contributed by atoms with van der Waals surface area (Å²) in [5.41, 5.74) is 0. The standard InChI is InChI=1S/C13H29NO3/c1-4-7-13(12-14-5-2)17-9-6-8-16-11-10-15-3/h13-14H,4-12H2,1-3H3. The SMILES string of the molecule is CCCC(CNCC)OCCCOCCOC. The van der Waals surface area contributed by atoms with Crippen LogP contribution in [0.5, 0.6) is 0 Å². The summed E-state index contributed by atoms with van der Waals surface area (Å²) in [6.07, 6.45) is 3.59. The van der Waals surface area contributed by atoms with E-state index in [0.29, 0.717) is 19.3 Å². The number of hydrogen-bond acceptors (Lipinski definition) is 4. The number of ether oxygens (including phenoxy) is 3. The Labute approximate surface area is 106 Å². The van der Waals surface area contributed by atoms with E-state index in [1.165, 1.54) is 6.42 Å². The molecule has 4 nitrogen and oxygen atoms in total. The molecular formula is C13H29NO3. The van der Waals surface area contributed by atoms with Crippen LogP contribution in [0.2, 0.25) is 0 Å². The zero-order valence-electron chi connectivity index (χ0n) is 11.7. The highest BCUT2D eigenvalue weighted by Crippen LogP contribution is 2.02. The molecule has 0 aromatic carbocycles. The maximum Gasteiger partial charge on any atom is 0.0700 e. The molecule has 0 rings (SSSR count). The zero-order chi connectivity index (χ0) is 12.8. The molecule has 0 aliphatic carbocycles. The third-order valence-corrected chi connectivity index (χ3v) is 2.45. The van der Waals surface area contributed by atoms with Gasteiger partial charge in [-0.3, -0.25) is 0 Å². The first-order valence-electron chi connectivity index (χ1n) is 6.74.